The molecule has 0 spiro atoms. The van der Waals surface area contributed by atoms with Crippen molar-refractivity contribution < 1.29 is 14.3 Å². The topological polar surface area (TPSA) is 85.2 Å². The fourth-order valence-corrected chi connectivity index (χ4v) is 3.50. The largest absolute Gasteiger partial charge is 0.464 e. The first-order valence-corrected chi connectivity index (χ1v) is 9.28. The highest BCUT2D eigenvalue weighted by atomic mass is 35.5. The molecule has 8 heteroatoms. The molecule has 3 atom stereocenters. The Morgan fingerprint density at radius 3 is 2.71 bits per heavy atom. The number of nitrogens with zero attached hydrogens (tertiary/aromatic N) is 2. The third kappa shape index (κ3) is 5.33. The van der Waals surface area contributed by atoms with E-state index in [2.05, 4.69) is 15.7 Å². The van der Waals surface area contributed by atoms with E-state index in [9.17, 15) is 9.59 Å². The predicted molar refractivity (Wildman–Crippen MR) is 108 cm³/mol. The molecule has 1 aromatic carbocycles. The highest BCUT2D eigenvalue weighted by molar-refractivity contribution is 5.87. The Labute approximate surface area is 171 Å². The molecule has 1 aromatic heterocycles. The van der Waals surface area contributed by atoms with Gasteiger partial charge in [0.05, 0.1) is 18.7 Å². The van der Waals surface area contributed by atoms with Gasteiger partial charge in [0.2, 0.25) is 5.91 Å². The van der Waals surface area contributed by atoms with Crippen molar-refractivity contribution in [1.82, 2.24) is 20.4 Å². The van der Waals surface area contributed by atoms with E-state index in [0.717, 1.165) is 11.1 Å². The lowest BCUT2D eigenvalue weighted by atomic mass is 9.90. The zero-order chi connectivity index (χ0) is 19.2. The number of nitrogens with one attached hydrogen (secondary N) is 2. The second kappa shape index (κ2) is 10.2. The molecule has 2 heterocycles. The Kier molecular flexibility index (Phi) is 8.02. The Morgan fingerprint density at radius 2 is 2.07 bits per heavy atom. The summed E-state index contributed by atoms with van der Waals surface area (Å²) in [6.07, 6.45) is 4.14. The van der Waals surface area contributed by atoms with Gasteiger partial charge in [0.1, 0.15) is 6.04 Å². The number of aryl methyl sites for hydroxylation is 1. The van der Waals surface area contributed by atoms with Crippen LogP contribution in [-0.4, -0.2) is 47.4 Å². The van der Waals surface area contributed by atoms with E-state index in [1.165, 1.54) is 0 Å². The van der Waals surface area contributed by atoms with Gasteiger partial charge in [0.25, 0.3) is 0 Å². The van der Waals surface area contributed by atoms with Gasteiger partial charge in [-0.3, -0.25) is 9.48 Å². The zero-order valence-corrected chi connectivity index (χ0v) is 16.9. The molecule has 0 saturated carbocycles. The standard InChI is InChI=1S/C20H26N4O3.ClH/c1-3-27-20(26)18(9-14-7-5-4-6-8-14)23-19(25)17-12-21-11-16(17)15-10-22-24(2)13-15;/h4-8,10,13,16-18,21H,3,9,11-12H2,1-2H3,(H,23,25);1H/t16-,17+,18?;/m1./s1. The van der Waals surface area contributed by atoms with Crippen LogP contribution in [0.1, 0.15) is 24.0 Å². The molecule has 1 unspecified atom stereocenters. The molecule has 1 fully saturated rings. The highest BCUT2D eigenvalue weighted by Gasteiger charge is 2.36. The molecule has 1 amide bonds. The van der Waals surface area contributed by atoms with E-state index in [1.807, 2.05) is 43.6 Å². The van der Waals surface area contributed by atoms with Crippen LogP contribution in [0.25, 0.3) is 0 Å². The molecular formula is C20H27ClN4O3. The second-order valence-corrected chi connectivity index (χ2v) is 6.82. The molecule has 1 aliphatic heterocycles. The number of carbonyl (C=O) groups is 2. The van der Waals surface area contributed by atoms with Gasteiger partial charge in [-0.05, 0) is 18.1 Å². The average Bonchev–Trinajstić information content (AvgIpc) is 3.31. The number of carbonyl (C=O) groups excluding carboxylic acids is 2. The number of halogens is 1. The summed E-state index contributed by atoms with van der Waals surface area (Å²) in [6, 6.07) is 8.93. The highest BCUT2D eigenvalue weighted by Crippen LogP contribution is 2.28. The number of rotatable bonds is 7. The molecule has 0 aliphatic carbocycles. The lowest BCUT2D eigenvalue weighted by molar-refractivity contribution is -0.147. The van der Waals surface area contributed by atoms with Crippen molar-refractivity contribution in [2.75, 3.05) is 19.7 Å². The van der Waals surface area contributed by atoms with Crippen molar-refractivity contribution in [3.05, 3.63) is 53.9 Å². The summed E-state index contributed by atoms with van der Waals surface area (Å²) < 4.78 is 6.91. The van der Waals surface area contributed by atoms with Crippen LogP contribution in [0.2, 0.25) is 0 Å². The maximum atomic E-state index is 13.0. The van der Waals surface area contributed by atoms with Crippen molar-refractivity contribution in [3.8, 4) is 0 Å². The Bertz CT molecular complexity index is 781. The molecule has 0 bridgehead atoms. The molecule has 7 nitrogen and oxygen atoms in total. The summed E-state index contributed by atoms with van der Waals surface area (Å²) in [6.45, 7) is 3.33. The number of hydrogen-bond donors (Lipinski definition) is 2. The van der Waals surface area contributed by atoms with E-state index in [1.54, 1.807) is 17.8 Å². The van der Waals surface area contributed by atoms with Crippen molar-refractivity contribution in [2.45, 2.75) is 25.3 Å². The van der Waals surface area contributed by atoms with Crippen LogP contribution >= 0.6 is 12.4 Å². The summed E-state index contributed by atoms with van der Waals surface area (Å²) in [5.41, 5.74) is 2.00. The minimum absolute atomic E-state index is 0. The maximum Gasteiger partial charge on any atom is 0.328 e. The van der Waals surface area contributed by atoms with Crippen molar-refractivity contribution >= 4 is 24.3 Å². The van der Waals surface area contributed by atoms with Gasteiger partial charge in [-0.25, -0.2) is 4.79 Å². The van der Waals surface area contributed by atoms with Crippen LogP contribution in [0, 0.1) is 5.92 Å². The smallest absolute Gasteiger partial charge is 0.328 e. The summed E-state index contributed by atoms with van der Waals surface area (Å²) >= 11 is 0. The zero-order valence-electron chi connectivity index (χ0n) is 16.1. The molecule has 1 aliphatic rings. The number of ether oxygens (including phenoxy) is 1. The normalized spacial score (nSPS) is 19.5. The molecule has 1 saturated heterocycles. The lowest BCUT2D eigenvalue weighted by Crippen LogP contribution is -2.47. The summed E-state index contributed by atoms with van der Waals surface area (Å²) in [5, 5.41) is 10.4. The Hall–Kier alpha value is -2.38. The predicted octanol–water partition coefficient (Wildman–Crippen LogP) is 1.44. The minimum atomic E-state index is -0.699. The van der Waals surface area contributed by atoms with Gasteiger partial charge in [-0.2, -0.15) is 5.10 Å². The quantitative estimate of drug-likeness (QED) is 0.679. The summed E-state index contributed by atoms with van der Waals surface area (Å²) in [4.78, 5) is 25.3. The van der Waals surface area contributed by atoms with E-state index in [0.29, 0.717) is 19.5 Å². The van der Waals surface area contributed by atoms with Crippen LogP contribution in [0.15, 0.2) is 42.7 Å². The molecule has 0 radical (unpaired) electrons. The summed E-state index contributed by atoms with van der Waals surface area (Å²) in [5.74, 6) is -0.749. The first kappa shape index (κ1) is 21.9. The lowest BCUT2D eigenvalue weighted by Gasteiger charge is -2.22. The van der Waals surface area contributed by atoms with E-state index >= 15 is 0 Å². The van der Waals surface area contributed by atoms with Crippen LogP contribution in [-0.2, 0) is 27.8 Å². The van der Waals surface area contributed by atoms with Crippen LogP contribution in [0.4, 0.5) is 0 Å². The monoisotopic (exact) mass is 406 g/mol. The van der Waals surface area contributed by atoms with Gasteiger partial charge in [-0.15, -0.1) is 12.4 Å². The van der Waals surface area contributed by atoms with E-state index in [4.69, 9.17) is 4.74 Å². The fraction of sp³-hybridized carbons (Fsp3) is 0.450. The minimum Gasteiger partial charge on any atom is -0.464 e. The number of hydrogen-bond acceptors (Lipinski definition) is 5. The van der Waals surface area contributed by atoms with Gasteiger partial charge >= 0.3 is 5.97 Å². The van der Waals surface area contributed by atoms with Crippen LogP contribution < -0.4 is 10.6 Å². The summed E-state index contributed by atoms with van der Waals surface area (Å²) in [7, 11) is 1.86. The average molecular weight is 407 g/mol. The van der Waals surface area contributed by atoms with Gasteiger partial charge in [0.15, 0.2) is 0 Å². The van der Waals surface area contributed by atoms with Crippen molar-refractivity contribution in [1.29, 1.82) is 0 Å². The van der Waals surface area contributed by atoms with Gasteiger partial charge in [0, 0.05) is 38.7 Å². The van der Waals surface area contributed by atoms with E-state index < -0.39 is 12.0 Å². The fourth-order valence-electron chi connectivity index (χ4n) is 3.50. The van der Waals surface area contributed by atoms with Crippen LogP contribution in [0.5, 0.6) is 0 Å². The number of aromatic nitrogens is 2. The second-order valence-electron chi connectivity index (χ2n) is 6.82. The third-order valence-corrected chi connectivity index (χ3v) is 4.87. The first-order valence-electron chi connectivity index (χ1n) is 9.28. The first-order chi connectivity index (χ1) is 13.1. The molecule has 28 heavy (non-hydrogen) atoms. The van der Waals surface area contributed by atoms with Crippen molar-refractivity contribution in [2.24, 2.45) is 13.0 Å². The molecule has 3 rings (SSSR count). The SMILES string of the molecule is CCOC(=O)C(Cc1ccccc1)NC(=O)[C@H]1CNC[C@@H]1c1cnn(C)c1.Cl. The molecular weight excluding hydrogens is 380 g/mol. The number of amides is 1. The Morgan fingerprint density at radius 1 is 1.32 bits per heavy atom. The third-order valence-electron chi connectivity index (χ3n) is 4.87. The van der Waals surface area contributed by atoms with Crippen molar-refractivity contribution in [3.63, 3.8) is 0 Å². The van der Waals surface area contributed by atoms with Crippen LogP contribution in [0.3, 0.4) is 0 Å². The molecule has 2 N–H and O–H groups in total. The molecule has 152 valence electrons. The number of esters is 1. The van der Waals surface area contributed by atoms with Gasteiger partial charge < -0.3 is 15.4 Å². The van der Waals surface area contributed by atoms with Gasteiger partial charge in [-0.1, -0.05) is 30.3 Å². The Balaban J connectivity index is 0.00000280. The molecule has 2 aromatic rings. The maximum absolute atomic E-state index is 13.0. The van der Waals surface area contributed by atoms with E-state index in [-0.39, 0.29) is 36.8 Å². The number of benzene rings is 1.